The monoisotopic (exact) mass is 209 g/mol. The molecule has 1 fully saturated rings. The summed E-state index contributed by atoms with van der Waals surface area (Å²) in [6.07, 6.45) is 0. The average molecular weight is 209 g/mol. The Hall–Kier alpha value is -2.18. The van der Waals surface area contributed by atoms with E-state index in [1.807, 2.05) is 5.32 Å². The molecule has 0 atom stereocenters. The molecule has 7 heteroatoms. The molecular formula is C8H7N3O4. The molecular weight excluding hydrogens is 202 g/mol. The van der Waals surface area contributed by atoms with Crippen LogP contribution in [-0.4, -0.2) is 27.9 Å². The van der Waals surface area contributed by atoms with Gasteiger partial charge >= 0.3 is 17.8 Å². The van der Waals surface area contributed by atoms with Crippen molar-refractivity contribution in [3.63, 3.8) is 0 Å². The molecule has 15 heavy (non-hydrogen) atoms. The second kappa shape index (κ2) is 3.19. The van der Waals surface area contributed by atoms with Gasteiger partial charge in [-0.05, 0) is 6.92 Å². The smallest absolute Gasteiger partial charge is 0.331 e. The molecule has 0 unspecified atom stereocenters. The molecule has 0 spiro atoms. The number of carbonyl (C=O) groups excluding carboxylic acids is 3. The zero-order chi connectivity index (χ0) is 11.0. The number of nitrogens with one attached hydrogen (secondary N) is 1. The minimum Gasteiger partial charge on any atom is -0.359 e. The topological polar surface area (TPSA) is 92.5 Å². The number of aromatic nitrogens is 1. The standard InChI is InChI=1S/C8H7N3O4/c1-4-2-5(15-10-4)3-11-7(13)6(12)9-8(11)14/h2H,3H2,1H3,(H,9,12,14). The average Bonchev–Trinajstić information content (AvgIpc) is 2.67. The number of amides is 4. The molecule has 0 radical (unpaired) electrons. The largest absolute Gasteiger partial charge is 0.359 e. The van der Waals surface area contributed by atoms with Crippen molar-refractivity contribution in [3.8, 4) is 0 Å². The molecule has 0 saturated carbocycles. The first kappa shape index (κ1) is 9.38. The Morgan fingerprint density at radius 3 is 2.67 bits per heavy atom. The summed E-state index contributed by atoms with van der Waals surface area (Å²) in [6, 6.07) is 0.850. The Kier molecular flexibility index (Phi) is 2.00. The highest BCUT2D eigenvalue weighted by Gasteiger charge is 2.37. The number of urea groups is 1. The molecule has 1 aromatic heterocycles. The van der Waals surface area contributed by atoms with E-state index in [0.717, 1.165) is 4.90 Å². The Balaban J connectivity index is 2.16. The molecule has 1 aliphatic heterocycles. The van der Waals surface area contributed by atoms with Gasteiger partial charge in [-0.15, -0.1) is 0 Å². The van der Waals surface area contributed by atoms with Crippen LogP contribution in [0.5, 0.6) is 0 Å². The minimum absolute atomic E-state index is 0.0861. The Morgan fingerprint density at radius 1 is 1.47 bits per heavy atom. The first-order valence-corrected chi connectivity index (χ1v) is 4.17. The Bertz CT molecular complexity index is 450. The molecule has 1 aliphatic rings. The number of imide groups is 2. The third-order valence-corrected chi connectivity index (χ3v) is 1.90. The molecule has 0 bridgehead atoms. The SMILES string of the molecule is Cc1cc(CN2C(=O)NC(=O)C2=O)on1. The van der Waals surface area contributed by atoms with E-state index < -0.39 is 17.8 Å². The van der Waals surface area contributed by atoms with Gasteiger partial charge in [0.05, 0.1) is 12.2 Å². The van der Waals surface area contributed by atoms with Crippen LogP contribution in [0.2, 0.25) is 0 Å². The van der Waals surface area contributed by atoms with Crippen LogP contribution in [-0.2, 0) is 16.1 Å². The van der Waals surface area contributed by atoms with Crippen LogP contribution in [0.4, 0.5) is 4.79 Å². The maximum atomic E-state index is 11.2. The fourth-order valence-electron chi connectivity index (χ4n) is 1.22. The van der Waals surface area contributed by atoms with Crippen LogP contribution < -0.4 is 5.32 Å². The van der Waals surface area contributed by atoms with E-state index >= 15 is 0 Å². The summed E-state index contributed by atoms with van der Waals surface area (Å²) in [7, 11) is 0. The van der Waals surface area contributed by atoms with E-state index in [4.69, 9.17) is 4.52 Å². The fourth-order valence-corrected chi connectivity index (χ4v) is 1.22. The summed E-state index contributed by atoms with van der Waals surface area (Å²) in [4.78, 5) is 33.9. The van der Waals surface area contributed by atoms with Crippen LogP contribution in [0.1, 0.15) is 11.5 Å². The van der Waals surface area contributed by atoms with Crippen molar-refractivity contribution >= 4 is 17.8 Å². The van der Waals surface area contributed by atoms with Gasteiger partial charge in [-0.3, -0.25) is 14.9 Å². The lowest BCUT2D eigenvalue weighted by Crippen LogP contribution is -2.30. The Labute approximate surface area is 84.0 Å². The summed E-state index contributed by atoms with van der Waals surface area (Å²) in [6.45, 7) is 1.63. The minimum atomic E-state index is -0.920. The van der Waals surface area contributed by atoms with Crippen LogP contribution in [0.15, 0.2) is 10.6 Å². The summed E-state index contributed by atoms with van der Waals surface area (Å²) < 4.78 is 4.82. The van der Waals surface area contributed by atoms with Crippen molar-refractivity contribution in [2.45, 2.75) is 13.5 Å². The maximum absolute atomic E-state index is 11.2. The molecule has 0 aliphatic carbocycles. The molecule has 0 aromatic carbocycles. The third-order valence-electron chi connectivity index (χ3n) is 1.90. The molecule has 2 rings (SSSR count). The Morgan fingerprint density at radius 2 is 2.20 bits per heavy atom. The summed E-state index contributed by atoms with van der Waals surface area (Å²) in [5.74, 6) is -1.45. The lowest BCUT2D eigenvalue weighted by molar-refractivity contribution is -0.140. The van der Waals surface area contributed by atoms with Gasteiger partial charge in [0, 0.05) is 6.07 Å². The highest BCUT2D eigenvalue weighted by atomic mass is 16.5. The third kappa shape index (κ3) is 1.58. The van der Waals surface area contributed by atoms with Crippen LogP contribution in [0, 0.1) is 6.92 Å². The van der Waals surface area contributed by atoms with Crippen molar-refractivity contribution in [1.82, 2.24) is 15.4 Å². The van der Waals surface area contributed by atoms with Gasteiger partial charge in [-0.1, -0.05) is 5.16 Å². The fraction of sp³-hybridized carbons (Fsp3) is 0.250. The van der Waals surface area contributed by atoms with E-state index in [0.29, 0.717) is 11.5 Å². The van der Waals surface area contributed by atoms with Gasteiger partial charge in [-0.2, -0.15) is 0 Å². The van der Waals surface area contributed by atoms with Gasteiger partial charge in [0.1, 0.15) is 0 Å². The quantitative estimate of drug-likeness (QED) is 0.526. The van der Waals surface area contributed by atoms with Crippen LogP contribution in [0.3, 0.4) is 0 Å². The molecule has 78 valence electrons. The number of hydrogen-bond donors (Lipinski definition) is 1. The normalized spacial score (nSPS) is 16.1. The summed E-state index contributed by atoms with van der Waals surface area (Å²) in [5, 5.41) is 5.48. The highest BCUT2D eigenvalue weighted by Crippen LogP contribution is 2.09. The number of hydrogen-bond acceptors (Lipinski definition) is 5. The van der Waals surface area contributed by atoms with Gasteiger partial charge in [0.25, 0.3) is 0 Å². The summed E-state index contributed by atoms with van der Waals surface area (Å²) in [5.41, 5.74) is 0.642. The molecule has 1 N–H and O–H groups in total. The molecule has 2 heterocycles. The van der Waals surface area contributed by atoms with E-state index in [9.17, 15) is 14.4 Å². The van der Waals surface area contributed by atoms with Gasteiger partial charge < -0.3 is 4.52 Å². The van der Waals surface area contributed by atoms with Crippen LogP contribution >= 0.6 is 0 Å². The molecule has 1 aromatic rings. The van der Waals surface area contributed by atoms with E-state index in [2.05, 4.69) is 5.16 Å². The van der Waals surface area contributed by atoms with Crippen molar-refractivity contribution in [2.24, 2.45) is 0 Å². The van der Waals surface area contributed by atoms with Crippen molar-refractivity contribution in [3.05, 3.63) is 17.5 Å². The molecule has 1 saturated heterocycles. The maximum Gasteiger partial charge on any atom is 0.331 e. The first-order chi connectivity index (χ1) is 7.08. The lowest BCUT2D eigenvalue weighted by atomic mass is 10.3. The van der Waals surface area contributed by atoms with Crippen molar-refractivity contribution in [2.75, 3.05) is 0 Å². The van der Waals surface area contributed by atoms with Crippen molar-refractivity contribution in [1.29, 1.82) is 0 Å². The first-order valence-electron chi connectivity index (χ1n) is 4.17. The van der Waals surface area contributed by atoms with Gasteiger partial charge in [0.2, 0.25) is 0 Å². The second-order valence-electron chi connectivity index (χ2n) is 3.09. The van der Waals surface area contributed by atoms with Crippen molar-refractivity contribution < 1.29 is 18.9 Å². The second-order valence-corrected chi connectivity index (χ2v) is 3.09. The number of rotatable bonds is 2. The number of carbonyl (C=O) groups is 3. The van der Waals surface area contributed by atoms with E-state index in [1.54, 1.807) is 13.0 Å². The number of nitrogens with zero attached hydrogens (tertiary/aromatic N) is 2. The number of aryl methyl sites for hydroxylation is 1. The summed E-state index contributed by atoms with van der Waals surface area (Å²) >= 11 is 0. The predicted octanol–water partition coefficient (Wildman–Crippen LogP) is -0.439. The van der Waals surface area contributed by atoms with Crippen LogP contribution in [0.25, 0.3) is 0 Å². The molecule has 4 amide bonds. The highest BCUT2D eigenvalue weighted by molar-refractivity contribution is 6.44. The van der Waals surface area contributed by atoms with E-state index in [1.165, 1.54) is 0 Å². The zero-order valence-corrected chi connectivity index (χ0v) is 7.81. The van der Waals surface area contributed by atoms with Gasteiger partial charge in [-0.25, -0.2) is 9.69 Å². The predicted molar refractivity (Wildman–Crippen MR) is 45.3 cm³/mol. The lowest BCUT2D eigenvalue weighted by Gasteiger charge is -2.07. The molecule has 7 nitrogen and oxygen atoms in total. The van der Waals surface area contributed by atoms with E-state index in [-0.39, 0.29) is 6.54 Å². The zero-order valence-electron chi connectivity index (χ0n) is 7.81. The van der Waals surface area contributed by atoms with Gasteiger partial charge in [0.15, 0.2) is 5.76 Å².